The van der Waals surface area contributed by atoms with Crippen LogP contribution in [0, 0.1) is 11.8 Å². The van der Waals surface area contributed by atoms with Crippen molar-refractivity contribution in [3.8, 4) is 0 Å². The van der Waals surface area contributed by atoms with Gasteiger partial charge in [0.25, 0.3) is 0 Å². The lowest BCUT2D eigenvalue weighted by molar-refractivity contribution is 0.0286. The Hall–Kier alpha value is -0.0400. The number of hydrogen-bond donors (Lipinski definition) is 1. The first kappa shape index (κ1) is 7.07. The van der Waals surface area contributed by atoms with Gasteiger partial charge in [-0.3, -0.25) is 0 Å². The van der Waals surface area contributed by atoms with Crippen molar-refractivity contribution < 1.29 is 5.11 Å². The van der Waals surface area contributed by atoms with Crippen molar-refractivity contribution in [2.45, 2.75) is 39.2 Å². The molecule has 1 radical (unpaired) electrons. The summed E-state index contributed by atoms with van der Waals surface area (Å²) >= 11 is 0. The fourth-order valence-electron chi connectivity index (χ4n) is 1.24. The second-order valence-electron chi connectivity index (χ2n) is 3.57. The van der Waals surface area contributed by atoms with E-state index in [2.05, 4.69) is 20.3 Å². The Morgan fingerprint density at radius 3 is 2.56 bits per heavy atom. The van der Waals surface area contributed by atoms with Crippen LogP contribution < -0.4 is 0 Å². The first-order valence-corrected chi connectivity index (χ1v) is 3.63. The maximum absolute atomic E-state index is 9.41. The highest BCUT2D eigenvalue weighted by Crippen LogP contribution is 2.34. The van der Waals surface area contributed by atoms with Crippen molar-refractivity contribution in [3.63, 3.8) is 0 Å². The smallest absolute Gasteiger partial charge is 0.0593 e. The topological polar surface area (TPSA) is 20.2 Å². The molecular formula is C8H15O. The average Bonchev–Trinajstić information content (AvgIpc) is 1.77. The van der Waals surface area contributed by atoms with Crippen molar-refractivity contribution >= 4 is 0 Å². The van der Waals surface area contributed by atoms with Gasteiger partial charge in [0.1, 0.15) is 0 Å². The molecule has 1 unspecified atom stereocenters. The molecule has 53 valence electrons. The van der Waals surface area contributed by atoms with Crippen molar-refractivity contribution in [1.29, 1.82) is 0 Å². The summed E-state index contributed by atoms with van der Waals surface area (Å²) in [6.07, 6.45) is 5.26. The Balaban J connectivity index is 2.49. The van der Waals surface area contributed by atoms with Crippen LogP contribution in [0.2, 0.25) is 0 Å². The van der Waals surface area contributed by atoms with Gasteiger partial charge in [0, 0.05) is 0 Å². The molecule has 1 atom stereocenters. The van der Waals surface area contributed by atoms with Gasteiger partial charge in [0.2, 0.25) is 0 Å². The molecule has 0 bridgehead atoms. The van der Waals surface area contributed by atoms with Gasteiger partial charge in [-0.15, -0.1) is 0 Å². The van der Waals surface area contributed by atoms with Crippen LogP contribution in [0.15, 0.2) is 0 Å². The summed E-state index contributed by atoms with van der Waals surface area (Å²) < 4.78 is 0. The average molecular weight is 127 g/mol. The van der Waals surface area contributed by atoms with E-state index in [1.165, 1.54) is 6.42 Å². The molecule has 0 saturated heterocycles. The highest BCUT2D eigenvalue weighted by atomic mass is 16.3. The van der Waals surface area contributed by atoms with Gasteiger partial charge in [0.05, 0.1) is 6.10 Å². The number of hydrogen-bond acceptors (Lipinski definition) is 1. The summed E-state index contributed by atoms with van der Waals surface area (Å²) in [5.74, 6) is 0. The normalized spacial score (nSPS) is 34.3. The van der Waals surface area contributed by atoms with Crippen LogP contribution in [0.3, 0.4) is 0 Å². The monoisotopic (exact) mass is 127 g/mol. The lowest BCUT2D eigenvalue weighted by atomic mass is 9.75. The molecule has 1 heteroatoms. The number of aliphatic hydroxyl groups excluding tert-OH is 1. The van der Waals surface area contributed by atoms with E-state index in [1.54, 1.807) is 0 Å². The first-order valence-electron chi connectivity index (χ1n) is 3.63. The van der Waals surface area contributed by atoms with Crippen LogP contribution in [0.4, 0.5) is 0 Å². The molecule has 0 spiro atoms. The van der Waals surface area contributed by atoms with E-state index in [1.807, 2.05) is 0 Å². The van der Waals surface area contributed by atoms with Crippen molar-refractivity contribution in [1.82, 2.24) is 0 Å². The Bertz CT molecular complexity index is 96.7. The third-order valence-electron chi connectivity index (χ3n) is 2.28. The molecule has 0 aromatic rings. The summed E-state index contributed by atoms with van der Waals surface area (Å²) in [5.41, 5.74) is 0.161. The molecule has 0 amide bonds. The first-order chi connectivity index (χ1) is 4.13. The molecule has 1 fully saturated rings. The number of aliphatic hydroxyl groups is 1. The summed E-state index contributed by atoms with van der Waals surface area (Å²) in [4.78, 5) is 0. The SMILES string of the molecule is CC1(C)CC[CH]CC1O. The Kier molecular flexibility index (Phi) is 1.80. The van der Waals surface area contributed by atoms with Gasteiger partial charge in [0.15, 0.2) is 0 Å². The fourth-order valence-corrected chi connectivity index (χ4v) is 1.24. The minimum Gasteiger partial charge on any atom is -0.393 e. The minimum atomic E-state index is -0.105. The van der Waals surface area contributed by atoms with Crippen LogP contribution in [0.25, 0.3) is 0 Å². The second-order valence-corrected chi connectivity index (χ2v) is 3.57. The summed E-state index contributed by atoms with van der Waals surface area (Å²) in [6, 6.07) is 0. The van der Waals surface area contributed by atoms with Gasteiger partial charge < -0.3 is 5.11 Å². The van der Waals surface area contributed by atoms with Gasteiger partial charge in [-0.25, -0.2) is 0 Å². The molecular weight excluding hydrogens is 112 g/mol. The van der Waals surface area contributed by atoms with E-state index in [9.17, 15) is 5.11 Å². The largest absolute Gasteiger partial charge is 0.393 e. The molecule has 1 aliphatic carbocycles. The zero-order valence-corrected chi connectivity index (χ0v) is 6.22. The highest BCUT2D eigenvalue weighted by Gasteiger charge is 2.30. The summed E-state index contributed by atoms with van der Waals surface area (Å²) in [7, 11) is 0. The third kappa shape index (κ3) is 1.45. The van der Waals surface area contributed by atoms with E-state index >= 15 is 0 Å². The fraction of sp³-hybridized carbons (Fsp3) is 0.875. The summed E-state index contributed by atoms with van der Waals surface area (Å²) in [5, 5.41) is 9.41. The molecule has 9 heavy (non-hydrogen) atoms. The summed E-state index contributed by atoms with van der Waals surface area (Å²) in [6.45, 7) is 4.26. The zero-order valence-electron chi connectivity index (χ0n) is 6.22. The van der Waals surface area contributed by atoms with Gasteiger partial charge in [-0.05, 0) is 31.1 Å². The van der Waals surface area contributed by atoms with E-state index in [4.69, 9.17) is 0 Å². The molecule has 0 aromatic heterocycles. The maximum Gasteiger partial charge on any atom is 0.0593 e. The molecule has 0 aliphatic heterocycles. The lowest BCUT2D eigenvalue weighted by Crippen LogP contribution is -2.32. The molecule has 1 rings (SSSR count). The van der Waals surface area contributed by atoms with Gasteiger partial charge in [-0.1, -0.05) is 13.8 Å². The molecule has 1 saturated carbocycles. The second kappa shape index (κ2) is 2.30. The lowest BCUT2D eigenvalue weighted by Gasteiger charge is -2.34. The maximum atomic E-state index is 9.41. The van der Waals surface area contributed by atoms with Gasteiger partial charge in [-0.2, -0.15) is 0 Å². The van der Waals surface area contributed by atoms with Crippen LogP contribution in [0.5, 0.6) is 0 Å². The van der Waals surface area contributed by atoms with Crippen LogP contribution in [-0.2, 0) is 0 Å². The Morgan fingerprint density at radius 1 is 1.56 bits per heavy atom. The third-order valence-corrected chi connectivity index (χ3v) is 2.28. The predicted molar refractivity (Wildman–Crippen MR) is 37.9 cm³/mol. The van der Waals surface area contributed by atoms with Gasteiger partial charge >= 0.3 is 0 Å². The van der Waals surface area contributed by atoms with E-state index in [-0.39, 0.29) is 11.5 Å². The van der Waals surface area contributed by atoms with Crippen molar-refractivity contribution in [2.75, 3.05) is 0 Å². The quantitative estimate of drug-likeness (QED) is 0.525. The zero-order chi connectivity index (χ0) is 6.91. The minimum absolute atomic E-state index is 0.105. The molecule has 1 nitrogen and oxygen atoms in total. The molecule has 1 N–H and O–H groups in total. The predicted octanol–water partition coefficient (Wildman–Crippen LogP) is 1.76. The van der Waals surface area contributed by atoms with Crippen LogP contribution >= 0.6 is 0 Å². The highest BCUT2D eigenvalue weighted by molar-refractivity contribution is 4.89. The molecule has 0 heterocycles. The van der Waals surface area contributed by atoms with E-state index < -0.39 is 0 Å². The molecule has 0 aromatic carbocycles. The molecule has 1 aliphatic rings. The van der Waals surface area contributed by atoms with E-state index in [0.717, 1.165) is 12.8 Å². The number of rotatable bonds is 0. The van der Waals surface area contributed by atoms with E-state index in [0.29, 0.717) is 0 Å². The Labute approximate surface area is 57.1 Å². The van der Waals surface area contributed by atoms with Crippen LogP contribution in [0.1, 0.15) is 33.1 Å². The Morgan fingerprint density at radius 2 is 2.22 bits per heavy atom. The van der Waals surface area contributed by atoms with Crippen LogP contribution in [-0.4, -0.2) is 11.2 Å². The van der Waals surface area contributed by atoms with Crippen molar-refractivity contribution in [3.05, 3.63) is 6.42 Å². The standard InChI is InChI=1S/C8H15O/c1-8(2)6-4-3-5-7(8)9/h3,7,9H,4-6H2,1-2H3. The van der Waals surface area contributed by atoms with Crippen molar-refractivity contribution in [2.24, 2.45) is 5.41 Å².